The molecule has 1 saturated heterocycles. The van der Waals surface area contributed by atoms with Gasteiger partial charge in [-0.15, -0.1) is 0 Å². The maximum absolute atomic E-state index is 14.3. The molecule has 2 N–H and O–H groups in total. The van der Waals surface area contributed by atoms with Crippen LogP contribution in [-0.2, 0) is 10.2 Å². The van der Waals surface area contributed by atoms with Gasteiger partial charge >= 0.3 is 0 Å². The zero-order chi connectivity index (χ0) is 20.9. The van der Waals surface area contributed by atoms with Crippen LogP contribution in [-0.4, -0.2) is 74.5 Å². The van der Waals surface area contributed by atoms with Crippen molar-refractivity contribution in [3.8, 4) is 0 Å². The van der Waals surface area contributed by atoms with Crippen molar-refractivity contribution in [2.75, 3.05) is 46.8 Å². The van der Waals surface area contributed by atoms with E-state index in [1.165, 1.54) is 18.9 Å². The molecule has 6 nitrogen and oxygen atoms in total. The number of guanidine groups is 1. The number of halogens is 1. The van der Waals surface area contributed by atoms with E-state index in [0.29, 0.717) is 18.5 Å². The van der Waals surface area contributed by atoms with Crippen molar-refractivity contribution in [3.05, 3.63) is 35.6 Å². The zero-order valence-corrected chi connectivity index (χ0v) is 17.9. The second kappa shape index (κ2) is 9.57. The number of benzene rings is 1. The third kappa shape index (κ3) is 5.47. The van der Waals surface area contributed by atoms with Crippen LogP contribution < -0.4 is 10.6 Å². The highest BCUT2D eigenvalue weighted by Gasteiger charge is 2.45. The van der Waals surface area contributed by atoms with E-state index in [1.54, 1.807) is 25.1 Å². The van der Waals surface area contributed by atoms with Crippen LogP contribution >= 0.6 is 0 Å². The highest BCUT2D eigenvalue weighted by molar-refractivity contribution is 5.84. The number of nitrogens with zero attached hydrogens (tertiary/aromatic N) is 3. The summed E-state index contributed by atoms with van der Waals surface area (Å²) in [5, 5.41) is 6.80. The summed E-state index contributed by atoms with van der Waals surface area (Å²) in [6.45, 7) is 5.87. The molecule has 1 amide bonds. The molecule has 7 heteroatoms. The van der Waals surface area contributed by atoms with Crippen LogP contribution in [0.2, 0.25) is 0 Å². The van der Waals surface area contributed by atoms with Crippen LogP contribution in [0.1, 0.15) is 38.2 Å². The first-order chi connectivity index (χ1) is 13.9. The van der Waals surface area contributed by atoms with Gasteiger partial charge in [-0.2, -0.15) is 0 Å². The van der Waals surface area contributed by atoms with Gasteiger partial charge in [0.15, 0.2) is 5.96 Å². The largest absolute Gasteiger partial charge is 0.355 e. The van der Waals surface area contributed by atoms with Gasteiger partial charge in [0.1, 0.15) is 12.4 Å². The quantitative estimate of drug-likeness (QED) is 0.515. The van der Waals surface area contributed by atoms with Crippen molar-refractivity contribution in [3.63, 3.8) is 0 Å². The summed E-state index contributed by atoms with van der Waals surface area (Å²) in [6.07, 6.45) is 4.30. The number of carbonyl (C=O) groups is 1. The van der Waals surface area contributed by atoms with Crippen molar-refractivity contribution in [2.45, 2.75) is 44.1 Å². The van der Waals surface area contributed by atoms with E-state index in [0.717, 1.165) is 38.0 Å². The molecule has 0 radical (unpaired) electrons. The van der Waals surface area contributed by atoms with Gasteiger partial charge in [-0.1, -0.05) is 25.1 Å². The number of likely N-dealkylation sites (tertiary alicyclic amines) is 1. The Morgan fingerprint density at radius 3 is 2.72 bits per heavy atom. The van der Waals surface area contributed by atoms with Crippen molar-refractivity contribution in [2.24, 2.45) is 4.99 Å². The minimum Gasteiger partial charge on any atom is -0.355 e. The lowest BCUT2D eigenvalue weighted by atomic mass is 9.95. The van der Waals surface area contributed by atoms with E-state index < -0.39 is 0 Å². The Kier molecular flexibility index (Phi) is 7.11. The molecule has 1 heterocycles. The first kappa shape index (κ1) is 21.6. The average molecular weight is 404 g/mol. The number of amides is 1. The lowest BCUT2D eigenvalue weighted by Crippen LogP contribution is -2.47. The molecule has 160 valence electrons. The van der Waals surface area contributed by atoms with Gasteiger partial charge in [-0.25, -0.2) is 9.38 Å². The molecule has 1 aliphatic heterocycles. The van der Waals surface area contributed by atoms with E-state index in [1.807, 2.05) is 12.1 Å². The number of aliphatic imine (C=N–C) groups is 1. The second-order valence-electron chi connectivity index (χ2n) is 8.37. The topological polar surface area (TPSA) is 60.0 Å². The number of hydrogen-bond donors (Lipinski definition) is 2. The van der Waals surface area contributed by atoms with Gasteiger partial charge < -0.3 is 15.5 Å². The fourth-order valence-corrected chi connectivity index (χ4v) is 4.06. The van der Waals surface area contributed by atoms with Crippen LogP contribution in [0.3, 0.4) is 0 Å². The SMILES string of the molecule is CCN1CCCC1CNC(=NCC(=O)N(C)C)NCC1(c2ccccc2F)CC1. The van der Waals surface area contributed by atoms with Crippen molar-refractivity contribution >= 4 is 11.9 Å². The van der Waals surface area contributed by atoms with E-state index in [-0.39, 0.29) is 23.7 Å². The first-order valence-electron chi connectivity index (χ1n) is 10.7. The number of hydrogen-bond acceptors (Lipinski definition) is 3. The van der Waals surface area contributed by atoms with Gasteiger partial charge in [-0.05, 0) is 50.4 Å². The second-order valence-corrected chi connectivity index (χ2v) is 8.37. The molecule has 2 aliphatic rings. The monoisotopic (exact) mass is 403 g/mol. The molecule has 1 aliphatic carbocycles. The van der Waals surface area contributed by atoms with Crippen molar-refractivity contribution in [1.82, 2.24) is 20.4 Å². The minimum absolute atomic E-state index is 0.0441. The van der Waals surface area contributed by atoms with E-state index in [9.17, 15) is 9.18 Å². The standard InChI is InChI=1S/C22H34FN5O/c1-4-28-13-7-8-17(28)14-24-21(25-15-20(29)27(2)3)26-16-22(11-12-22)18-9-5-6-10-19(18)23/h5-6,9-10,17H,4,7-8,11-16H2,1-3H3,(H2,24,25,26). The van der Waals surface area contributed by atoms with Crippen molar-refractivity contribution < 1.29 is 9.18 Å². The molecule has 1 atom stereocenters. The molecule has 1 saturated carbocycles. The van der Waals surface area contributed by atoms with Crippen LogP contribution in [0.5, 0.6) is 0 Å². The number of nitrogens with one attached hydrogen (secondary N) is 2. The van der Waals surface area contributed by atoms with Gasteiger partial charge in [0.2, 0.25) is 5.91 Å². The van der Waals surface area contributed by atoms with E-state index >= 15 is 0 Å². The molecule has 29 heavy (non-hydrogen) atoms. The maximum Gasteiger partial charge on any atom is 0.243 e. The average Bonchev–Trinajstić information content (AvgIpc) is 3.36. The fourth-order valence-electron chi connectivity index (χ4n) is 4.06. The van der Waals surface area contributed by atoms with Gasteiger partial charge in [0, 0.05) is 38.6 Å². The molecule has 0 aromatic heterocycles. The Balaban J connectivity index is 1.64. The lowest BCUT2D eigenvalue weighted by Gasteiger charge is -2.25. The molecular weight excluding hydrogens is 369 g/mol. The zero-order valence-electron chi connectivity index (χ0n) is 17.9. The molecule has 1 unspecified atom stereocenters. The smallest absolute Gasteiger partial charge is 0.243 e. The third-order valence-corrected chi connectivity index (χ3v) is 6.17. The number of carbonyl (C=O) groups excluding carboxylic acids is 1. The first-order valence-corrected chi connectivity index (χ1v) is 10.7. The van der Waals surface area contributed by atoms with Gasteiger partial charge in [-0.3, -0.25) is 9.69 Å². The van der Waals surface area contributed by atoms with Crippen LogP contribution in [0, 0.1) is 5.82 Å². The number of rotatable bonds is 8. The summed E-state index contributed by atoms with van der Waals surface area (Å²) in [5.41, 5.74) is 0.589. The van der Waals surface area contributed by atoms with E-state index in [2.05, 4.69) is 27.4 Å². The fraction of sp³-hybridized carbons (Fsp3) is 0.636. The van der Waals surface area contributed by atoms with Gasteiger partial charge in [0.25, 0.3) is 0 Å². The molecular formula is C22H34FN5O. The predicted molar refractivity (Wildman–Crippen MR) is 115 cm³/mol. The van der Waals surface area contributed by atoms with Crippen LogP contribution in [0.25, 0.3) is 0 Å². The normalized spacial score (nSPS) is 21.1. The Morgan fingerprint density at radius 1 is 1.31 bits per heavy atom. The molecule has 3 rings (SSSR count). The Hall–Kier alpha value is -2.15. The molecule has 0 bridgehead atoms. The van der Waals surface area contributed by atoms with Crippen LogP contribution in [0.15, 0.2) is 29.3 Å². The molecule has 2 fully saturated rings. The lowest BCUT2D eigenvalue weighted by molar-refractivity contribution is -0.127. The minimum atomic E-state index is -0.178. The maximum atomic E-state index is 14.3. The third-order valence-electron chi connectivity index (χ3n) is 6.17. The molecule has 0 spiro atoms. The summed E-state index contributed by atoms with van der Waals surface area (Å²) in [6, 6.07) is 7.50. The Labute approximate surface area is 173 Å². The van der Waals surface area contributed by atoms with Gasteiger partial charge in [0.05, 0.1) is 0 Å². The summed E-state index contributed by atoms with van der Waals surface area (Å²) in [7, 11) is 3.46. The predicted octanol–water partition coefficient (Wildman–Crippen LogP) is 1.97. The Morgan fingerprint density at radius 2 is 2.07 bits per heavy atom. The van der Waals surface area contributed by atoms with Crippen LogP contribution in [0.4, 0.5) is 4.39 Å². The molecule has 1 aromatic carbocycles. The highest BCUT2D eigenvalue weighted by atomic mass is 19.1. The summed E-state index contributed by atoms with van der Waals surface area (Å²) in [5.74, 6) is 0.439. The highest BCUT2D eigenvalue weighted by Crippen LogP contribution is 2.48. The Bertz CT molecular complexity index is 732. The number of likely N-dealkylation sites (N-methyl/N-ethyl adjacent to an activating group) is 2. The summed E-state index contributed by atoms with van der Waals surface area (Å²) >= 11 is 0. The summed E-state index contributed by atoms with van der Waals surface area (Å²) in [4.78, 5) is 20.5. The van der Waals surface area contributed by atoms with Crippen molar-refractivity contribution in [1.29, 1.82) is 0 Å². The van der Waals surface area contributed by atoms with E-state index in [4.69, 9.17) is 0 Å². The summed E-state index contributed by atoms with van der Waals surface area (Å²) < 4.78 is 14.3. The molecule has 1 aromatic rings.